The molecule has 0 aliphatic rings. The molecule has 19 heavy (non-hydrogen) atoms. The third-order valence-corrected chi connectivity index (χ3v) is 3.60. The average Bonchev–Trinajstić information content (AvgIpc) is 2.83. The van der Waals surface area contributed by atoms with Gasteiger partial charge in [0.2, 0.25) is 0 Å². The van der Waals surface area contributed by atoms with E-state index in [9.17, 15) is 4.79 Å². The van der Waals surface area contributed by atoms with Crippen LogP contribution in [0.2, 0.25) is 0 Å². The Morgan fingerprint density at radius 2 is 2.11 bits per heavy atom. The Bertz CT molecular complexity index is 746. The number of nitrogens with two attached hydrogens (primary N) is 1. The summed E-state index contributed by atoms with van der Waals surface area (Å²) in [5, 5.41) is 4.18. The first-order valence-electron chi connectivity index (χ1n) is 5.80. The van der Waals surface area contributed by atoms with Crippen LogP contribution in [0.25, 0.3) is 10.8 Å². The molecule has 0 saturated carbocycles. The number of carbonyl (C=O) groups is 1. The van der Waals surface area contributed by atoms with Gasteiger partial charge in [-0.15, -0.1) is 11.3 Å². The largest absolute Gasteiger partial charge is 0.375 e. The molecule has 94 valence electrons. The van der Waals surface area contributed by atoms with Crippen molar-refractivity contribution in [2.45, 2.75) is 6.42 Å². The lowest BCUT2D eigenvalue weighted by Crippen LogP contribution is -2.05. The summed E-state index contributed by atoms with van der Waals surface area (Å²) in [5.74, 6) is 0.00889. The number of aromatic nitrogens is 2. The molecule has 1 aromatic carbocycles. The monoisotopic (exact) mass is 269 g/mol. The van der Waals surface area contributed by atoms with Crippen molar-refractivity contribution in [3.05, 3.63) is 53.3 Å². The van der Waals surface area contributed by atoms with Gasteiger partial charge in [-0.1, -0.05) is 24.3 Å². The smallest absolute Gasteiger partial charge is 0.180 e. The van der Waals surface area contributed by atoms with Gasteiger partial charge in [-0.25, -0.2) is 4.98 Å². The second-order valence-corrected chi connectivity index (χ2v) is 5.07. The van der Waals surface area contributed by atoms with Crippen molar-refractivity contribution >= 4 is 33.0 Å². The minimum Gasteiger partial charge on any atom is -0.375 e. The number of Topliss-reactive ketones (excluding diaryl/α,β-unsaturated/α-hetero) is 1. The fourth-order valence-corrected chi connectivity index (χ4v) is 2.57. The van der Waals surface area contributed by atoms with Gasteiger partial charge in [0.25, 0.3) is 0 Å². The molecule has 3 aromatic rings. The van der Waals surface area contributed by atoms with E-state index in [1.807, 2.05) is 29.6 Å². The first-order valence-corrected chi connectivity index (χ1v) is 6.68. The second kappa shape index (κ2) is 4.78. The lowest BCUT2D eigenvalue weighted by molar-refractivity contribution is 0.0993. The normalized spacial score (nSPS) is 10.7. The summed E-state index contributed by atoms with van der Waals surface area (Å²) in [6.45, 7) is 0. The van der Waals surface area contributed by atoms with E-state index in [0.717, 1.165) is 10.8 Å². The number of anilines is 1. The molecule has 2 N–H and O–H groups in total. The number of thiazole rings is 1. The molecule has 0 atom stereocenters. The van der Waals surface area contributed by atoms with Crippen molar-refractivity contribution in [3.8, 4) is 0 Å². The number of carbonyl (C=O) groups excluding carboxylic acids is 1. The fourth-order valence-electron chi connectivity index (χ4n) is 2.00. The number of nitrogen functional groups attached to an aromatic ring is 1. The van der Waals surface area contributed by atoms with Crippen LogP contribution in [0.4, 0.5) is 5.13 Å². The topological polar surface area (TPSA) is 68.9 Å². The van der Waals surface area contributed by atoms with Crippen LogP contribution < -0.4 is 5.73 Å². The first kappa shape index (κ1) is 11.8. The van der Waals surface area contributed by atoms with E-state index in [4.69, 9.17) is 5.73 Å². The van der Waals surface area contributed by atoms with Crippen LogP contribution in [0.5, 0.6) is 0 Å². The fraction of sp³-hybridized carbons (Fsp3) is 0.0714. The van der Waals surface area contributed by atoms with Crippen LogP contribution in [0.15, 0.2) is 42.0 Å². The van der Waals surface area contributed by atoms with Gasteiger partial charge in [0.1, 0.15) is 0 Å². The molecule has 0 fully saturated rings. The first-order chi connectivity index (χ1) is 9.24. The quantitative estimate of drug-likeness (QED) is 0.742. The van der Waals surface area contributed by atoms with Crippen molar-refractivity contribution in [3.63, 3.8) is 0 Å². The number of rotatable bonds is 3. The van der Waals surface area contributed by atoms with E-state index in [0.29, 0.717) is 16.4 Å². The highest BCUT2D eigenvalue weighted by atomic mass is 32.1. The molecule has 0 unspecified atom stereocenters. The molecule has 3 rings (SSSR count). The number of ketones is 1. The minimum atomic E-state index is 0.00889. The Kier molecular flexibility index (Phi) is 2.97. The van der Waals surface area contributed by atoms with Gasteiger partial charge in [-0.05, 0) is 5.39 Å². The number of hydrogen-bond acceptors (Lipinski definition) is 5. The predicted octanol–water partition coefficient (Wildman–Crippen LogP) is 2.70. The maximum Gasteiger partial charge on any atom is 0.180 e. The van der Waals surface area contributed by atoms with Crippen LogP contribution in [-0.4, -0.2) is 15.8 Å². The lowest BCUT2D eigenvalue weighted by Gasteiger charge is -2.03. The van der Waals surface area contributed by atoms with Crippen LogP contribution in [0.1, 0.15) is 16.1 Å². The Morgan fingerprint density at radius 3 is 2.89 bits per heavy atom. The Balaban J connectivity index is 1.97. The molecule has 0 aliphatic carbocycles. The number of fused-ring (bicyclic) bond motifs is 1. The molecular formula is C14H11N3OS. The van der Waals surface area contributed by atoms with Gasteiger partial charge in [0, 0.05) is 28.7 Å². The van der Waals surface area contributed by atoms with E-state index in [1.165, 1.54) is 11.3 Å². The molecule has 0 bridgehead atoms. The van der Waals surface area contributed by atoms with Crippen LogP contribution >= 0.6 is 11.3 Å². The Morgan fingerprint density at radius 1 is 1.26 bits per heavy atom. The van der Waals surface area contributed by atoms with Crippen molar-refractivity contribution in [2.75, 3.05) is 5.73 Å². The maximum absolute atomic E-state index is 12.3. The Labute approximate surface area is 113 Å². The van der Waals surface area contributed by atoms with E-state index >= 15 is 0 Å². The van der Waals surface area contributed by atoms with E-state index in [2.05, 4.69) is 9.97 Å². The highest BCUT2D eigenvalue weighted by Crippen LogP contribution is 2.19. The summed E-state index contributed by atoms with van der Waals surface area (Å²) >= 11 is 1.34. The molecule has 0 amide bonds. The summed E-state index contributed by atoms with van der Waals surface area (Å²) in [4.78, 5) is 20.5. The predicted molar refractivity (Wildman–Crippen MR) is 76.3 cm³/mol. The van der Waals surface area contributed by atoms with Crippen LogP contribution in [-0.2, 0) is 6.42 Å². The van der Waals surface area contributed by atoms with Gasteiger partial charge in [-0.3, -0.25) is 9.78 Å². The molecule has 2 heterocycles. The summed E-state index contributed by atoms with van der Waals surface area (Å²) in [6.07, 6.45) is 3.62. The highest BCUT2D eigenvalue weighted by molar-refractivity contribution is 7.13. The zero-order valence-electron chi connectivity index (χ0n) is 10.0. The van der Waals surface area contributed by atoms with Crippen LogP contribution in [0.3, 0.4) is 0 Å². The summed E-state index contributed by atoms with van der Waals surface area (Å²) in [7, 11) is 0. The molecule has 5 heteroatoms. The van der Waals surface area contributed by atoms with Gasteiger partial charge in [0.05, 0.1) is 12.1 Å². The number of pyridine rings is 1. The summed E-state index contributed by atoms with van der Waals surface area (Å²) in [6, 6.07) is 7.72. The van der Waals surface area contributed by atoms with Gasteiger partial charge in [-0.2, -0.15) is 0 Å². The van der Waals surface area contributed by atoms with Crippen LogP contribution in [0, 0.1) is 0 Å². The number of nitrogens with zero attached hydrogens (tertiary/aromatic N) is 2. The Hall–Kier alpha value is -2.27. The summed E-state index contributed by atoms with van der Waals surface area (Å²) in [5.41, 5.74) is 6.91. The van der Waals surface area contributed by atoms with Gasteiger partial charge >= 0.3 is 0 Å². The standard InChI is InChI=1S/C14H11N3OS/c15-14-17-10(8-19-14)5-13(18)12-7-16-6-9-3-1-2-4-11(9)12/h1-4,6-8H,5H2,(H2,15,17). The van der Waals surface area contributed by atoms with Crippen molar-refractivity contribution in [1.82, 2.24) is 9.97 Å². The third kappa shape index (κ3) is 2.32. The van der Waals surface area contributed by atoms with Crippen molar-refractivity contribution in [2.24, 2.45) is 0 Å². The summed E-state index contributed by atoms with van der Waals surface area (Å²) < 4.78 is 0. The molecule has 2 aromatic heterocycles. The number of benzene rings is 1. The SMILES string of the molecule is Nc1nc(CC(=O)c2cncc3ccccc23)cs1. The molecule has 0 radical (unpaired) electrons. The zero-order chi connectivity index (χ0) is 13.2. The third-order valence-electron chi connectivity index (χ3n) is 2.88. The van der Waals surface area contributed by atoms with Crippen molar-refractivity contribution < 1.29 is 4.79 Å². The lowest BCUT2D eigenvalue weighted by atomic mass is 10.0. The van der Waals surface area contributed by atoms with Gasteiger partial charge in [0.15, 0.2) is 10.9 Å². The van der Waals surface area contributed by atoms with E-state index in [1.54, 1.807) is 12.4 Å². The van der Waals surface area contributed by atoms with Crippen molar-refractivity contribution in [1.29, 1.82) is 0 Å². The average molecular weight is 269 g/mol. The molecule has 0 spiro atoms. The molecule has 0 aliphatic heterocycles. The van der Waals surface area contributed by atoms with E-state index in [-0.39, 0.29) is 12.2 Å². The zero-order valence-corrected chi connectivity index (χ0v) is 10.9. The molecule has 4 nitrogen and oxygen atoms in total. The highest BCUT2D eigenvalue weighted by Gasteiger charge is 2.12. The van der Waals surface area contributed by atoms with E-state index < -0.39 is 0 Å². The second-order valence-electron chi connectivity index (χ2n) is 4.19. The minimum absolute atomic E-state index is 0.00889. The molecular weight excluding hydrogens is 258 g/mol. The maximum atomic E-state index is 12.3. The number of hydrogen-bond donors (Lipinski definition) is 1. The van der Waals surface area contributed by atoms with Gasteiger partial charge < -0.3 is 5.73 Å². The molecule has 0 saturated heterocycles.